The van der Waals surface area contributed by atoms with E-state index in [1.54, 1.807) is 12.1 Å². The van der Waals surface area contributed by atoms with Crippen molar-refractivity contribution in [3.8, 4) is 0 Å². The number of aliphatic hydroxyl groups excluding tert-OH is 5. The van der Waals surface area contributed by atoms with Gasteiger partial charge in [-0.25, -0.2) is 0 Å². The second-order valence-corrected chi connectivity index (χ2v) is 9.44. The Kier molecular flexibility index (Phi) is 8.47. The number of nitrogens with one attached hydrogen (secondary N) is 1. The molecule has 0 spiro atoms. The van der Waals surface area contributed by atoms with Crippen molar-refractivity contribution in [3.63, 3.8) is 0 Å². The van der Waals surface area contributed by atoms with Crippen molar-refractivity contribution in [1.82, 2.24) is 0 Å². The largest absolute Gasteiger partial charge is 0.394 e. The number of rotatable bonds is 9. The summed E-state index contributed by atoms with van der Waals surface area (Å²) in [5, 5.41) is 53.7. The number of carbonyl (C=O) groups excluding carboxylic acids is 1. The molecule has 0 aromatic heterocycles. The number of carbonyl (C=O) groups is 1. The fourth-order valence-corrected chi connectivity index (χ4v) is 5.47. The van der Waals surface area contributed by atoms with Crippen LogP contribution in [0.25, 0.3) is 0 Å². The Bertz CT molecular complexity index is 947. The second-order valence-electron chi connectivity index (χ2n) is 7.22. The molecule has 0 aliphatic heterocycles. The second kappa shape index (κ2) is 11.3. The third-order valence-electron chi connectivity index (χ3n) is 4.95. The average molecular weight is 455 g/mol. The molecule has 0 bridgehead atoms. The molecule has 1 amide bonds. The van der Waals surface area contributed by atoms with Crippen LogP contribution in [0.3, 0.4) is 0 Å². The van der Waals surface area contributed by atoms with Gasteiger partial charge in [0.1, 0.15) is 18.3 Å². The van der Waals surface area contributed by atoms with Crippen LogP contribution in [-0.2, 0) is 4.79 Å². The molecule has 0 aliphatic rings. The molecule has 0 unspecified atom stereocenters. The van der Waals surface area contributed by atoms with Gasteiger partial charge in [-0.2, -0.15) is 0 Å². The van der Waals surface area contributed by atoms with Gasteiger partial charge in [-0.15, -0.1) is 0 Å². The first-order valence-corrected chi connectivity index (χ1v) is 11.4. The van der Waals surface area contributed by atoms with Crippen molar-refractivity contribution in [3.05, 3.63) is 84.9 Å². The Hall–Kier alpha value is -2.64. The number of amides is 1. The van der Waals surface area contributed by atoms with E-state index in [2.05, 4.69) is 29.6 Å². The lowest BCUT2D eigenvalue weighted by Crippen LogP contribution is -2.50. The summed E-state index contributed by atoms with van der Waals surface area (Å²) in [5.41, 5.74) is 0.401. The lowest BCUT2D eigenvalue weighted by Gasteiger charge is -2.25. The fourth-order valence-electron chi connectivity index (χ4n) is 3.19. The van der Waals surface area contributed by atoms with E-state index in [4.69, 9.17) is 5.11 Å². The van der Waals surface area contributed by atoms with Crippen LogP contribution in [0.1, 0.15) is 0 Å². The Labute approximate surface area is 187 Å². The van der Waals surface area contributed by atoms with E-state index in [0.717, 1.165) is 5.30 Å². The van der Waals surface area contributed by atoms with E-state index in [9.17, 15) is 25.2 Å². The highest BCUT2D eigenvalue weighted by atomic mass is 31.1. The summed E-state index contributed by atoms with van der Waals surface area (Å²) >= 11 is 0. The summed E-state index contributed by atoms with van der Waals surface area (Å²) in [6, 6.07) is 27.4. The van der Waals surface area contributed by atoms with Gasteiger partial charge >= 0.3 is 0 Å². The van der Waals surface area contributed by atoms with Gasteiger partial charge in [-0.1, -0.05) is 72.8 Å². The Balaban J connectivity index is 1.76. The maximum absolute atomic E-state index is 12.3. The van der Waals surface area contributed by atoms with E-state index in [0.29, 0.717) is 5.69 Å². The van der Waals surface area contributed by atoms with E-state index in [-0.39, 0.29) is 0 Å². The number of hydrogen-bond acceptors (Lipinski definition) is 6. The quantitative estimate of drug-likeness (QED) is 0.248. The van der Waals surface area contributed by atoms with Crippen molar-refractivity contribution in [1.29, 1.82) is 0 Å². The van der Waals surface area contributed by atoms with Gasteiger partial charge in [0.25, 0.3) is 5.91 Å². The zero-order chi connectivity index (χ0) is 23.1. The molecule has 0 saturated carbocycles. The molecule has 0 aliphatic carbocycles. The summed E-state index contributed by atoms with van der Waals surface area (Å²) in [6.07, 6.45) is -7.50. The van der Waals surface area contributed by atoms with Crippen LogP contribution in [0.2, 0.25) is 0 Å². The summed E-state index contributed by atoms with van der Waals surface area (Å²) in [6.45, 7) is -0.820. The van der Waals surface area contributed by atoms with Gasteiger partial charge in [0, 0.05) is 5.69 Å². The normalized spacial score (nSPS) is 15.1. The fraction of sp³-hybridized carbons (Fsp3) is 0.208. The molecule has 32 heavy (non-hydrogen) atoms. The van der Waals surface area contributed by atoms with Gasteiger partial charge in [0.05, 0.1) is 6.61 Å². The smallest absolute Gasteiger partial charge is 0.256 e. The molecule has 0 fully saturated rings. The van der Waals surface area contributed by atoms with Crippen LogP contribution in [0.5, 0.6) is 0 Å². The SMILES string of the molecule is O=C(Nc1ccc(P(c2ccccc2)c2ccccc2)cc1)[C@H](O)[C@@H](O)[C@H](O)[C@H](O)CO. The molecule has 0 heterocycles. The van der Waals surface area contributed by atoms with Gasteiger partial charge < -0.3 is 30.8 Å². The van der Waals surface area contributed by atoms with Gasteiger partial charge in [0.15, 0.2) is 6.10 Å². The Morgan fingerprint density at radius 2 is 1.19 bits per heavy atom. The summed E-state index contributed by atoms with van der Waals surface area (Å²) in [4.78, 5) is 12.3. The molecule has 6 N–H and O–H groups in total. The predicted molar refractivity (Wildman–Crippen MR) is 125 cm³/mol. The zero-order valence-corrected chi connectivity index (χ0v) is 18.1. The van der Waals surface area contributed by atoms with Crippen molar-refractivity contribution in [2.24, 2.45) is 0 Å². The maximum atomic E-state index is 12.3. The summed E-state index contributed by atoms with van der Waals surface area (Å²) < 4.78 is 0. The average Bonchev–Trinajstić information content (AvgIpc) is 2.84. The molecular weight excluding hydrogens is 429 g/mol. The lowest BCUT2D eigenvalue weighted by molar-refractivity contribution is -0.144. The third kappa shape index (κ3) is 5.78. The molecule has 3 aromatic carbocycles. The molecule has 8 heteroatoms. The highest BCUT2D eigenvalue weighted by Crippen LogP contribution is 2.32. The molecule has 7 nitrogen and oxygen atoms in total. The molecule has 4 atom stereocenters. The van der Waals surface area contributed by atoms with E-state index < -0.39 is 44.9 Å². The van der Waals surface area contributed by atoms with E-state index >= 15 is 0 Å². The van der Waals surface area contributed by atoms with Crippen LogP contribution in [0.15, 0.2) is 84.9 Å². The molecule has 3 rings (SSSR count). The van der Waals surface area contributed by atoms with Crippen molar-refractivity contribution in [2.45, 2.75) is 24.4 Å². The molecule has 0 radical (unpaired) electrons. The minimum absolute atomic E-state index is 0.401. The molecule has 3 aromatic rings. The van der Waals surface area contributed by atoms with Crippen LogP contribution >= 0.6 is 7.92 Å². The number of benzene rings is 3. The van der Waals surface area contributed by atoms with E-state index in [1.165, 1.54) is 10.6 Å². The van der Waals surface area contributed by atoms with Crippen molar-refractivity contribution in [2.75, 3.05) is 11.9 Å². The van der Waals surface area contributed by atoms with Crippen molar-refractivity contribution < 1.29 is 30.3 Å². The standard InChI is InChI=1S/C24H26NO6P/c26-15-20(27)21(28)22(29)23(30)24(31)25-16-11-13-19(14-12-16)32(17-7-3-1-4-8-17)18-9-5-2-6-10-18/h1-14,20-23,26-30H,15H2,(H,25,31)/t20-,21-,22+,23-/m1/s1. The predicted octanol–water partition coefficient (Wildman–Crippen LogP) is -0.181. The topological polar surface area (TPSA) is 130 Å². The minimum Gasteiger partial charge on any atom is -0.394 e. The van der Waals surface area contributed by atoms with Crippen LogP contribution in [0, 0.1) is 0 Å². The molecular formula is C24H26NO6P. The summed E-state index contributed by atoms with van der Waals surface area (Å²) in [5.74, 6) is -0.942. The first kappa shape index (κ1) is 24.0. The van der Waals surface area contributed by atoms with Crippen LogP contribution < -0.4 is 21.2 Å². The number of anilines is 1. The van der Waals surface area contributed by atoms with Gasteiger partial charge in [-0.3, -0.25) is 4.79 Å². The Morgan fingerprint density at radius 1 is 0.719 bits per heavy atom. The van der Waals surface area contributed by atoms with Crippen LogP contribution in [-0.4, -0.2) is 62.5 Å². The lowest BCUT2D eigenvalue weighted by atomic mass is 10.0. The molecule has 168 valence electrons. The minimum atomic E-state index is -1.99. The van der Waals surface area contributed by atoms with Gasteiger partial charge in [0.2, 0.25) is 0 Å². The highest BCUT2D eigenvalue weighted by molar-refractivity contribution is 7.79. The maximum Gasteiger partial charge on any atom is 0.256 e. The first-order chi connectivity index (χ1) is 15.4. The number of aliphatic hydroxyl groups is 5. The molecule has 0 saturated heterocycles. The van der Waals surface area contributed by atoms with Crippen LogP contribution in [0.4, 0.5) is 5.69 Å². The third-order valence-corrected chi connectivity index (χ3v) is 7.39. The van der Waals surface area contributed by atoms with E-state index in [1.807, 2.05) is 48.5 Å². The Morgan fingerprint density at radius 3 is 1.66 bits per heavy atom. The zero-order valence-electron chi connectivity index (χ0n) is 17.2. The summed E-state index contributed by atoms with van der Waals surface area (Å²) in [7, 11) is -0.806. The first-order valence-electron chi connectivity index (χ1n) is 10.1. The number of hydrogen-bond donors (Lipinski definition) is 6. The highest BCUT2D eigenvalue weighted by Gasteiger charge is 2.34. The van der Waals surface area contributed by atoms with Gasteiger partial charge in [-0.05, 0) is 36.0 Å². The monoisotopic (exact) mass is 455 g/mol. The van der Waals surface area contributed by atoms with Crippen molar-refractivity contribution >= 4 is 35.4 Å².